The van der Waals surface area contributed by atoms with Gasteiger partial charge < -0.3 is 5.11 Å². The highest BCUT2D eigenvalue weighted by atomic mass is 16.3. The minimum absolute atomic E-state index is 0.408. The van der Waals surface area contributed by atoms with Gasteiger partial charge in [-0.05, 0) is 18.8 Å². The average molecular weight is 144 g/mol. The summed E-state index contributed by atoms with van der Waals surface area (Å²) in [4.78, 5) is 0. The summed E-state index contributed by atoms with van der Waals surface area (Å²) in [7, 11) is 0. The van der Waals surface area contributed by atoms with Gasteiger partial charge in [0.25, 0.3) is 0 Å². The summed E-state index contributed by atoms with van der Waals surface area (Å²) in [6.07, 6.45) is 2.81. The van der Waals surface area contributed by atoms with Gasteiger partial charge >= 0.3 is 0 Å². The van der Waals surface area contributed by atoms with Gasteiger partial charge in [-0.15, -0.1) is 0 Å². The van der Waals surface area contributed by atoms with E-state index in [-0.39, 0.29) is 0 Å². The molecule has 1 heteroatoms. The molecule has 0 aliphatic heterocycles. The third-order valence-electron chi connectivity index (χ3n) is 2.75. The van der Waals surface area contributed by atoms with Gasteiger partial charge in [0.1, 0.15) is 0 Å². The van der Waals surface area contributed by atoms with E-state index in [1.165, 1.54) is 0 Å². The van der Waals surface area contributed by atoms with Gasteiger partial charge in [0.15, 0.2) is 0 Å². The summed E-state index contributed by atoms with van der Waals surface area (Å²) in [6, 6.07) is 0. The van der Waals surface area contributed by atoms with Gasteiger partial charge in [-0.2, -0.15) is 0 Å². The molecule has 0 radical (unpaired) electrons. The van der Waals surface area contributed by atoms with Crippen LogP contribution in [0.25, 0.3) is 0 Å². The fraction of sp³-hybridized carbons (Fsp3) is 1.00. The van der Waals surface area contributed by atoms with Crippen LogP contribution in [0.5, 0.6) is 0 Å². The second-order valence-electron chi connectivity index (χ2n) is 3.12. The molecule has 1 nitrogen and oxygen atoms in total. The lowest BCUT2D eigenvalue weighted by Gasteiger charge is -2.31. The smallest absolute Gasteiger partial charge is 0.0667 e. The van der Waals surface area contributed by atoms with Crippen molar-refractivity contribution in [2.24, 2.45) is 5.92 Å². The van der Waals surface area contributed by atoms with E-state index < -0.39 is 5.60 Å². The van der Waals surface area contributed by atoms with Crippen LogP contribution in [0.4, 0.5) is 0 Å². The summed E-state index contributed by atoms with van der Waals surface area (Å²) < 4.78 is 0. The van der Waals surface area contributed by atoms with Crippen LogP contribution in [0, 0.1) is 5.92 Å². The van der Waals surface area contributed by atoms with E-state index in [0.717, 1.165) is 19.3 Å². The zero-order valence-corrected chi connectivity index (χ0v) is 7.65. The summed E-state index contributed by atoms with van der Waals surface area (Å²) >= 11 is 0. The largest absolute Gasteiger partial charge is 0.390 e. The highest BCUT2D eigenvalue weighted by molar-refractivity contribution is 4.79. The molecule has 1 N–H and O–H groups in total. The zero-order chi connectivity index (χ0) is 8.20. The van der Waals surface area contributed by atoms with Crippen LogP contribution in [0.3, 0.4) is 0 Å². The molecule has 0 saturated carbocycles. The fourth-order valence-electron chi connectivity index (χ4n) is 1.33. The Kier molecular flexibility index (Phi) is 3.95. The second kappa shape index (κ2) is 3.97. The molecule has 0 aromatic heterocycles. The first-order valence-electron chi connectivity index (χ1n) is 4.33. The van der Waals surface area contributed by atoms with Crippen molar-refractivity contribution in [1.82, 2.24) is 0 Å². The van der Waals surface area contributed by atoms with Gasteiger partial charge in [-0.25, -0.2) is 0 Å². The van der Waals surface area contributed by atoms with Crippen LogP contribution in [0.2, 0.25) is 0 Å². The Labute approximate surface area is 64.5 Å². The van der Waals surface area contributed by atoms with E-state index in [1.807, 2.05) is 0 Å². The molecular formula is C9H20O. The molecule has 0 aromatic carbocycles. The molecule has 0 aliphatic rings. The van der Waals surface area contributed by atoms with Crippen LogP contribution in [0.15, 0.2) is 0 Å². The summed E-state index contributed by atoms with van der Waals surface area (Å²) in [5.74, 6) is 0.433. The van der Waals surface area contributed by atoms with Gasteiger partial charge in [0, 0.05) is 0 Å². The van der Waals surface area contributed by atoms with E-state index in [0.29, 0.717) is 5.92 Å². The summed E-state index contributed by atoms with van der Waals surface area (Å²) in [6.45, 7) is 8.35. The molecule has 0 bridgehead atoms. The molecule has 62 valence electrons. The number of aliphatic hydroxyl groups is 1. The van der Waals surface area contributed by atoms with Crippen molar-refractivity contribution in [2.45, 2.75) is 52.6 Å². The van der Waals surface area contributed by atoms with Gasteiger partial charge in [0.2, 0.25) is 0 Å². The van der Waals surface area contributed by atoms with E-state index in [2.05, 4.69) is 27.7 Å². The molecule has 0 spiro atoms. The second-order valence-corrected chi connectivity index (χ2v) is 3.12. The molecule has 0 saturated heterocycles. The topological polar surface area (TPSA) is 20.2 Å². The third kappa shape index (κ3) is 1.98. The van der Waals surface area contributed by atoms with E-state index in [4.69, 9.17) is 0 Å². The van der Waals surface area contributed by atoms with Crippen molar-refractivity contribution in [3.05, 3.63) is 0 Å². The highest BCUT2D eigenvalue weighted by Gasteiger charge is 2.27. The van der Waals surface area contributed by atoms with Gasteiger partial charge in [-0.3, -0.25) is 0 Å². The minimum Gasteiger partial charge on any atom is -0.390 e. The van der Waals surface area contributed by atoms with Crippen molar-refractivity contribution in [3.63, 3.8) is 0 Å². The third-order valence-corrected chi connectivity index (χ3v) is 2.75. The molecular weight excluding hydrogens is 124 g/mol. The van der Waals surface area contributed by atoms with Crippen LogP contribution >= 0.6 is 0 Å². The summed E-state index contributed by atoms with van der Waals surface area (Å²) in [5.41, 5.74) is -0.408. The summed E-state index contributed by atoms with van der Waals surface area (Å²) in [5, 5.41) is 9.90. The molecule has 0 rings (SSSR count). The van der Waals surface area contributed by atoms with E-state index in [9.17, 15) is 5.11 Å². The van der Waals surface area contributed by atoms with Gasteiger partial charge in [-0.1, -0.05) is 34.1 Å². The SMILES string of the molecule is CC[C@@H](C)C(O)(CC)CC. The Morgan fingerprint density at radius 2 is 1.60 bits per heavy atom. The number of rotatable bonds is 4. The Bertz CT molecular complexity index is 84.7. The molecule has 0 aliphatic carbocycles. The average Bonchev–Trinajstić information content (AvgIpc) is 2.01. The zero-order valence-electron chi connectivity index (χ0n) is 7.65. The predicted molar refractivity (Wildman–Crippen MR) is 45.0 cm³/mol. The van der Waals surface area contributed by atoms with E-state index >= 15 is 0 Å². The van der Waals surface area contributed by atoms with Crippen LogP contribution in [-0.4, -0.2) is 10.7 Å². The number of hydrogen-bond donors (Lipinski definition) is 1. The van der Waals surface area contributed by atoms with Crippen molar-refractivity contribution < 1.29 is 5.11 Å². The highest BCUT2D eigenvalue weighted by Crippen LogP contribution is 2.26. The van der Waals surface area contributed by atoms with Gasteiger partial charge in [0.05, 0.1) is 5.60 Å². The maximum atomic E-state index is 9.90. The van der Waals surface area contributed by atoms with Crippen molar-refractivity contribution in [3.8, 4) is 0 Å². The lowest BCUT2D eigenvalue weighted by molar-refractivity contribution is -0.0202. The molecule has 0 aromatic rings. The molecule has 10 heavy (non-hydrogen) atoms. The van der Waals surface area contributed by atoms with Crippen molar-refractivity contribution >= 4 is 0 Å². The first-order valence-corrected chi connectivity index (χ1v) is 4.33. The Morgan fingerprint density at radius 1 is 1.20 bits per heavy atom. The van der Waals surface area contributed by atoms with Crippen LogP contribution in [-0.2, 0) is 0 Å². The molecule has 0 unspecified atom stereocenters. The minimum atomic E-state index is -0.408. The van der Waals surface area contributed by atoms with Crippen molar-refractivity contribution in [1.29, 1.82) is 0 Å². The first-order chi connectivity index (χ1) is 4.60. The van der Waals surface area contributed by atoms with Crippen molar-refractivity contribution in [2.75, 3.05) is 0 Å². The maximum absolute atomic E-state index is 9.90. The Balaban J connectivity index is 4.02. The van der Waals surface area contributed by atoms with E-state index in [1.54, 1.807) is 0 Å². The molecule has 0 heterocycles. The molecule has 1 atom stereocenters. The maximum Gasteiger partial charge on any atom is 0.0667 e. The standard InChI is InChI=1S/C9H20O/c1-5-8(4)9(10,6-2)7-3/h8,10H,5-7H2,1-4H3/t8-/m1/s1. The molecule has 0 amide bonds. The number of hydrogen-bond acceptors (Lipinski definition) is 1. The monoisotopic (exact) mass is 144 g/mol. The quantitative estimate of drug-likeness (QED) is 0.643. The lowest BCUT2D eigenvalue weighted by atomic mass is 9.83. The van der Waals surface area contributed by atoms with Crippen LogP contribution in [0.1, 0.15) is 47.0 Å². The Hall–Kier alpha value is -0.0400. The Morgan fingerprint density at radius 3 is 1.70 bits per heavy atom. The molecule has 0 fully saturated rings. The lowest BCUT2D eigenvalue weighted by Crippen LogP contribution is -2.34. The first kappa shape index (κ1) is 9.96. The van der Waals surface area contributed by atoms with Crippen LogP contribution < -0.4 is 0 Å². The predicted octanol–water partition coefficient (Wildman–Crippen LogP) is 2.58. The normalized spacial score (nSPS) is 15.3. The fourth-order valence-corrected chi connectivity index (χ4v) is 1.33.